The number of nitrogens with one attached hydrogen (secondary N) is 1. The van der Waals surface area contributed by atoms with E-state index in [1.54, 1.807) is 10.6 Å². The molecular formula is C21H28N4O2S. The summed E-state index contributed by atoms with van der Waals surface area (Å²) in [5.41, 5.74) is 3.07. The summed E-state index contributed by atoms with van der Waals surface area (Å²) >= 11 is 3.76. The third-order valence-electron chi connectivity index (χ3n) is 3.58. The van der Waals surface area contributed by atoms with Crippen LogP contribution in [0.3, 0.4) is 0 Å². The van der Waals surface area contributed by atoms with E-state index in [0.29, 0.717) is 17.1 Å². The first-order valence-electron chi connectivity index (χ1n) is 9.15. The lowest BCUT2D eigenvalue weighted by Gasteiger charge is -2.13. The summed E-state index contributed by atoms with van der Waals surface area (Å²) in [7, 11) is 0. The molecule has 1 aromatic carbocycles. The average Bonchev–Trinajstić information content (AvgIpc) is 3.05. The van der Waals surface area contributed by atoms with E-state index in [1.165, 1.54) is 0 Å². The number of thiol groups is 1. The normalized spacial score (nSPS) is 11.1. The van der Waals surface area contributed by atoms with Gasteiger partial charge in [-0.25, -0.2) is 0 Å². The van der Waals surface area contributed by atoms with E-state index in [9.17, 15) is 9.90 Å². The van der Waals surface area contributed by atoms with Gasteiger partial charge in [-0.2, -0.15) is 0 Å². The van der Waals surface area contributed by atoms with Crippen molar-refractivity contribution in [3.05, 3.63) is 54.1 Å². The summed E-state index contributed by atoms with van der Waals surface area (Å²) in [5, 5.41) is 20.6. The van der Waals surface area contributed by atoms with Crippen LogP contribution in [0.25, 0.3) is 17.1 Å². The Bertz CT molecular complexity index is 898. The van der Waals surface area contributed by atoms with Crippen LogP contribution in [0, 0.1) is 0 Å². The molecule has 0 aliphatic heterocycles. The summed E-state index contributed by atoms with van der Waals surface area (Å²) in [6, 6.07) is 5.34. The third-order valence-corrected chi connectivity index (χ3v) is 3.69. The number of phenolic OH excluding ortho intramolecular Hbond substituents is 1. The van der Waals surface area contributed by atoms with E-state index < -0.39 is 5.24 Å². The van der Waals surface area contributed by atoms with Crippen LogP contribution in [0.5, 0.6) is 5.75 Å². The SMILES string of the molecule is C=C(C)/C=C(\C=C/C)n1c(NC(=O)S)nnc1-c1cc(CC)ccc1O.CC. The number of rotatable bonds is 6. The van der Waals surface area contributed by atoms with Crippen molar-refractivity contribution in [2.75, 3.05) is 5.32 Å². The van der Waals surface area contributed by atoms with Gasteiger partial charge in [0.25, 0.3) is 5.24 Å². The molecule has 0 saturated carbocycles. The lowest BCUT2D eigenvalue weighted by Crippen LogP contribution is -2.09. The summed E-state index contributed by atoms with van der Waals surface area (Å²) < 4.78 is 1.65. The van der Waals surface area contributed by atoms with Crippen molar-refractivity contribution in [3.8, 4) is 17.1 Å². The van der Waals surface area contributed by atoms with Gasteiger partial charge in [-0.05, 0) is 50.1 Å². The van der Waals surface area contributed by atoms with Gasteiger partial charge in [0.1, 0.15) is 5.75 Å². The molecule has 28 heavy (non-hydrogen) atoms. The molecule has 0 fully saturated rings. The van der Waals surface area contributed by atoms with Gasteiger partial charge in [0, 0.05) is 0 Å². The van der Waals surface area contributed by atoms with Crippen LogP contribution in [-0.4, -0.2) is 25.1 Å². The molecule has 0 aliphatic rings. The molecule has 0 radical (unpaired) electrons. The number of hydrogen-bond acceptors (Lipinski definition) is 4. The number of nitrogens with zero attached hydrogens (tertiary/aromatic N) is 3. The van der Waals surface area contributed by atoms with Gasteiger partial charge in [-0.15, -0.1) is 10.2 Å². The standard InChI is InChI=1S/C19H22N4O2S.C2H6/c1-5-7-14(10-12(3)4)23-17(21-22-18(23)20-19(25)26)15-11-13(6-2)8-9-16(15)24;1-2/h5,7-11,24H,3,6H2,1-2,4H3,(H2,20,22,25,26);1-2H3/b7-5-,14-10+;. The predicted octanol–water partition coefficient (Wildman–Crippen LogP) is 5.69. The second kappa shape index (κ2) is 11.1. The molecule has 2 rings (SSSR count). The minimum atomic E-state index is -0.563. The molecule has 0 aliphatic carbocycles. The maximum absolute atomic E-state index is 11.4. The summed E-state index contributed by atoms with van der Waals surface area (Å²) in [6.45, 7) is 13.7. The smallest absolute Gasteiger partial charge is 0.282 e. The van der Waals surface area contributed by atoms with Crippen molar-refractivity contribution in [2.45, 2.75) is 41.0 Å². The molecule has 6 nitrogen and oxygen atoms in total. The van der Waals surface area contributed by atoms with E-state index in [2.05, 4.69) is 34.7 Å². The van der Waals surface area contributed by atoms with E-state index in [4.69, 9.17) is 0 Å². The number of anilines is 1. The first kappa shape index (κ1) is 23.2. The van der Waals surface area contributed by atoms with Gasteiger partial charge in [-0.1, -0.05) is 57.7 Å². The second-order valence-electron chi connectivity index (χ2n) is 5.73. The number of carbonyl (C=O) groups is 1. The van der Waals surface area contributed by atoms with Crippen LogP contribution in [0.4, 0.5) is 10.7 Å². The van der Waals surface area contributed by atoms with Crippen molar-refractivity contribution < 1.29 is 9.90 Å². The molecule has 7 heteroatoms. The van der Waals surface area contributed by atoms with Crippen LogP contribution in [0.1, 0.15) is 40.2 Å². The maximum atomic E-state index is 11.4. The fraction of sp³-hybridized carbons (Fsp3) is 0.286. The Morgan fingerprint density at radius 2 is 2.04 bits per heavy atom. The molecule has 150 valence electrons. The number of allylic oxidation sites excluding steroid dienone is 5. The van der Waals surface area contributed by atoms with Crippen LogP contribution in [0.2, 0.25) is 0 Å². The van der Waals surface area contributed by atoms with E-state index in [1.807, 2.05) is 65.0 Å². The predicted molar refractivity (Wildman–Crippen MR) is 120 cm³/mol. The Morgan fingerprint density at radius 3 is 2.57 bits per heavy atom. The molecular weight excluding hydrogens is 372 g/mol. The van der Waals surface area contributed by atoms with Crippen molar-refractivity contribution in [2.24, 2.45) is 0 Å². The molecule has 1 amide bonds. The number of aryl methyl sites for hydroxylation is 1. The van der Waals surface area contributed by atoms with E-state index >= 15 is 0 Å². The Morgan fingerprint density at radius 1 is 1.36 bits per heavy atom. The number of aromatic hydroxyl groups is 1. The van der Waals surface area contributed by atoms with E-state index in [0.717, 1.165) is 17.6 Å². The first-order valence-corrected chi connectivity index (χ1v) is 9.60. The number of aromatic nitrogens is 3. The summed E-state index contributed by atoms with van der Waals surface area (Å²) in [5.74, 6) is 0.683. The fourth-order valence-corrected chi connectivity index (χ4v) is 2.57. The zero-order chi connectivity index (χ0) is 21.3. The zero-order valence-corrected chi connectivity index (χ0v) is 17.9. The minimum absolute atomic E-state index is 0.0785. The van der Waals surface area contributed by atoms with Gasteiger partial charge in [0.15, 0.2) is 5.82 Å². The highest BCUT2D eigenvalue weighted by Gasteiger charge is 2.20. The summed E-state index contributed by atoms with van der Waals surface area (Å²) in [6.07, 6.45) is 6.34. The Kier molecular flexibility index (Phi) is 9.24. The van der Waals surface area contributed by atoms with Crippen molar-refractivity contribution in [3.63, 3.8) is 0 Å². The average molecular weight is 401 g/mol. The van der Waals surface area contributed by atoms with Crippen LogP contribution in [0.15, 0.2) is 48.6 Å². The molecule has 2 N–H and O–H groups in total. The number of hydrogen-bond donors (Lipinski definition) is 3. The number of phenols is 1. The highest BCUT2D eigenvalue weighted by molar-refractivity contribution is 7.96. The number of amides is 1. The van der Waals surface area contributed by atoms with E-state index in [-0.39, 0.29) is 11.7 Å². The summed E-state index contributed by atoms with van der Waals surface area (Å²) in [4.78, 5) is 11.4. The van der Waals surface area contributed by atoms with Crippen molar-refractivity contribution in [1.82, 2.24) is 14.8 Å². The first-order chi connectivity index (χ1) is 13.4. The number of carbonyl (C=O) groups excluding carboxylic acids is 1. The molecule has 2 aromatic rings. The van der Waals surface area contributed by atoms with Crippen molar-refractivity contribution in [1.29, 1.82) is 0 Å². The van der Waals surface area contributed by atoms with Crippen LogP contribution >= 0.6 is 12.6 Å². The molecule has 1 heterocycles. The largest absolute Gasteiger partial charge is 0.507 e. The molecule has 0 spiro atoms. The van der Waals surface area contributed by atoms with Gasteiger partial charge in [0.05, 0.1) is 11.3 Å². The second-order valence-corrected chi connectivity index (χ2v) is 6.14. The maximum Gasteiger partial charge on any atom is 0.282 e. The van der Waals surface area contributed by atoms with Crippen LogP contribution in [-0.2, 0) is 6.42 Å². The Hall–Kier alpha value is -2.80. The van der Waals surface area contributed by atoms with Gasteiger partial charge in [0.2, 0.25) is 5.95 Å². The lowest BCUT2D eigenvalue weighted by molar-refractivity contribution is 0.270. The monoisotopic (exact) mass is 400 g/mol. The fourth-order valence-electron chi connectivity index (χ4n) is 2.47. The molecule has 0 atom stereocenters. The lowest BCUT2D eigenvalue weighted by atomic mass is 10.1. The minimum Gasteiger partial charge on any atom is -0.507 e. The van der Waals surface area contributed by atoms with Gasteiger partial charge in [-0.3, -0.25) is 14.7 Å². The topological polar surface area (TPSA) is 80.0 Å². The Labute approximate surface area is 172 Å². The molecule has 1 aromatic heterocycles. The molecule has 0 bridgehead atoms. The third kappa shape index (κ3) is 5.85. The highest BCUT2D eigenvalue weighted by Crippen LogP contribution is 2.33. The number of benzene rings is 1. The highest BCUT2D eigenvalue weighted by atomic mass is 32.1. The zero-order valence-electron chi connectivity index (χ0n) is 17.0. The molecule has 0 saturated heterocycles. The molecule has 0 unspecified atom stereocenters. The van der Waals surface area contributed by atoms with Crippen LogP contribution < -0.4 is 5.32 Å². The Balaban J connectivity index is 0.00000190. The quantitative estimate of drug-likeness (QED) is 0.429. The van der Waals surface area contributed by atoms with Gasteiger partial charge < -0.3 is 5.11 Å². The van der Waals surface area contributed by atoms with Gasteiger partial charge >= 0.3 is 0 Å². The van der Waals surface area contributed by atoms with Crippen molar-refractivity contribution >= 4 is 29.5 Å².